The summed E-state index contributed by atoms with van der Waals surface area (Å²) in [4.78, 5) is 13.8. The molecule has 1 heterocycles. The lowest BCUT2D eigenvalue weighted by molar-refractivity contribution is -0.173. The van der Waals surface area contributed by atoms with Gasteiger partial charge in [0.2, 0.25) is 0 Å². The van der Waals surface area contributed by atoms with E-state index in [1.54, 1.807) is 11.9 Å². The Morgan fingerprint density at radius 1 is 1.35 bits per heavy atom. The Balaban J connectivity index is 2.23. The maximum atomic E-state index is 12.2. The van der Waals surface area contributed by atoms with E-state index in [0.717, 1.165) is 11.3 Å². The molecule has 1 aliphatic carbocycles. The van der Waals surface area contributed by atoms with E-state index in [4.69, 9.17) is 0 Å². The number of para-hydroxylation sites is 1. The number of carbonyl (C=O) groups excluding carboxylic acids is 1. The number of amides is 1. The van der Waals surface area contributed by atoms with Gasteiger partial charge >= 0.3 is 0 Å². The van der Waals surface area contributed by atoms with Crippen molar-refractivity contribution in [2.75, 3.05) is 11.9 Å². The molecule has 1 amide bonds. The number of benzene rings is 1. The average molecular weight is 231 g/mol. The molecule has 3 nitrogen and oxygen atoms in total. The van der Waals surface area contributed by atoms with Crippen LogP contribution in [0.25, 0.3) is 0 Å². The summed E-state index contributed by atoms with van der Waals surface area (Å²) in [5.41, 5.74) is 0.822. The number of rotatable bonds is 0. The number of nitrogens with zero attached hydrogens (tertiary/aromatic N) is 1. The van der Waals surface area contributed by atoms with E-state index in [1.807, 2.05) is 24.3 Å². The maximum absolute atomic E-state index is 12.2. The van der Waals surface area contributed by atoms with Crippen molar-refractivity contribution in [2.24, 2.45) is 5.41 Å². The van der Waals surface area contributed by atoms with Crippen LogP contribution in [0, 0.1) is 5.41 Å². The molecule has 3 heteroatoms. The number of anilines is 1. The highest BCUT2D eigenvalue weighted by Gasteiger charge is 2.65. The van der Waals surface area contributed by atoms with E-state index in [1.165, 1.54) is 0 Å². The highest BCUT2D eigenvalue weighted by molar-refractivity contribution is 6.04. The largest absolute Gasteiger partial charge is 0.379 e. The van der Waals surface area contributed by atoms with Crippen LogP contribution in [0.3, 0.4) is 0 Å². The fraction of sp³-hybridized carbons (Fsp3) is 0.500. The topological polar surface area (TPSA) is 40.5 Å². The minimum Gasteiger partial charge on any atom is -0.379 e. The summed E-state index contributed by atoms with van der Waals surface area (Å²) in [7, 11) is 1.74. The van der Waals surface area contributed by atoms with Gasteiger partial charge in [-0.05, 0) is 23.5 Å². The zero-order valence-corrected chi connectivity index (χ0v) is 10.4. The molecule has 3 rings (SSSR count). The third-order valence-corrected chi connectivity index (χ3v) is 4.27. The monoisotopic (exact) mass is 231 g/mol. The SMILES string of the molecule is CN1C(=O)[C@]2(O)CC(C)(C)[C@@H]2c2ccccc21. The lowest BCUT2D eigenvalue weighted by Crippen LogP contribution is -2.67. The molecular formula is C14H17NO2. The highest BCUT2D eigenvalue weighted by Crippen LogP contribution is 2.63. The van der Waals surface area contributed by atoms with Gasteiger partial charge in [-0.3, -0.25) is 4.79 Å². The Morgan fingerprint density at radius 2 is 2.00 bits per heavy atom. The first kappa shape index (κ1) is 10.8. The van der Waals surface area contributed by atoms with E-state index in [-0.39, 0.29) is 17.2 Å². The fourth-order valence-electron chi connectivity index (χ4n) is 3.73. The van der Waals surface area contributed by atoms with Crippen LogP contribution in [0.15, 0.2) is 24.3 Å². The Labute approximate surface area is 101 Å². The van der Waals surface area contributed by atoms with E-state index in [0.29, 0.717) is 6.42 Å². The van der Waals surface area contributed by atoms with Gasteiger partial charge in [0, 0.05) is 18.7 Å². The second kappa shape index (κ2) is 2.91. The van der Waals surface area contributed by atoms with Gasteiger partial charge in [-0.1, -0.05) is 32.0 Å². The van der Waals surface area contributed by atoms with Gasteiger partial charge < -0.3 is 10.0 Å². The molecule has 1 aliphatic heterocycles. The second-order valence-electron chi connectivity index (χ2n) is 5.95. The summed E-state index contributed by atoms with van der Waals surface area (Å²) in [6.07, 6.45) is 0.544. The van der Waals surface area contributed by atoms with Crippen molar-refractivity contribution >= 4 is 11.6 Å². The lowest BCUT2D eigenvalue weighted by atomic mass is 9.49. The molecule has 0 aromatic heterocycles. The van der Waals surface area contributed by atoms with E-state index in [2.05, 4.69) is 13.8 Å². The van der Waals surface area contributed by atoms with Gasteiger partial charge in [0.15, 0.2) is 5.60 Å². The van der Waals surface area contributed by atoms with Crippen LogP contribution in [0.1, 0.15) is 31.7 Å². The predicted molar refractivity (Wildman–Crippen MR) is 65.9 cm³/mol. The molecule has 1 aromatic rings. The van der Waals surface area contributed by atoms with Crippen molar-refractivity contribution in [1.82, 2.24) is 0 Å². The van der Waals surface area contributed by atoms with Crippen LogP contribution in [0.2, 0.25) is 0 Å². The molecule has 0 bridgehead atoms. The number of likely N-dealkylation sites (N-methyl/N-ethyl adjacent to an activating group) is 1. The van der Waals surface area contributed by atoms with Crippen molar-refractivity contribution in [3.05, 3.63) is 29.8 Å². The zero-order valence-electron chi connectivity index (χ0n) is 10.4. The smallest absolute Gasteiger partial charge is 0.259 e. The molecule has 1 fully saturated rings. The van der Waals surface area contributed by atoms with Crippen molar-refractivity contribution in [1.29, 1.82) is 0 Å². The molecule has 2 atom stereocenters. The van der Waals surface area contributed by atoms with Crippen LogP contribution in [-0.2, 0) is 4.79 Å². The third-order valence-electron chi connectivity index (χ3n) is 4.27. The van der Waals surface area contributed by atoms with Gasteiger partial charge in [0.05, 0.1) is 0 Å². The van der Waals surface area contributed by atoms with Crippen LogP contribution < -0.4 is 4.90 Å². The first-order valence-electron chi connectivity index (χ1n) is 5.97. The van der Waals surface area contributed by atoms with Crippen molar-refractivity contribution in [3.63, 3.8) is 0 Å². The third kappa shape index (κ3) is 1.12. The Bertz CT molecular complexity index is 509. The summed E-state index contributed by atoms with van der Waals surface area (Å²) < 4.78 is 0. The number of fused-ring (bicyclic) bond motifs is 3. The number of aliphatic hydroxyl groups is 1. The molecule has 0 radical (unpaired) electrons. The first-order chi connectivity index (χ1) is 7.88. The van der Waals surface area contributed by atoms with Gasteiger partial charge in [-0.15, -0.1) is 0 Å². The molecule has 1 N–H and O–H groups in total. The second-order valence-corrected chi connectivity index (χ2v) is 5.95. The van der Waals surface area contributed by atoms with Crippen LogP contribution >= 0.6 is 0 Å². The average Bonchev–Trinajstić information content (AvgIpc) is 2.25. The van der Waals surface area contributed by atoms with E-state index in [9.17, 15) is 9.90 Å². The van der Waals surface area contributed by atoms with Crippen LogP contribution in [0.4, 0.5) is 5.69 Å². The minimum absolute atomic E-state index is 0.0121. The standard InChI is InChI=1S/C14H17NO2/c1-13(2)8-14(17)11(13)9-6-4-5-7-10(9)15(3)12(14)16/h4-7,11,17H,8H2,1-3H3/t11-,14-/m0/s1. The van der Waals surface area contributed by atoms with E-state index < -0.39 is 5.60 Å². The van der Waals surface area contributed by atoms with Gasteiger partial charge in [-0.2, -0.15) is 0 Å². The van der Waals surface area contributed by atoms with Crippen LogP contribution in [0.5, 0.6) is 0 Å². The Hall–Kier alpha value is -1.35. The first-order valence-corrected chi connectivity index (χ1v) is 5.97. The minimum atomic E-state index is -1.19. The maximum Gasteiger partial charge on any atom is 0.259 e. The number of hydrogen-bond donors (Lipinski definition) is 1. The zero-order chi connectivity index (χ0) is 12.4. The van der Waals surface area contributed by atoms with Crippen LogP contribution in [-0.4, -0.2) is 23.7 Å². The summed E-state index contributed by atoms with van der Waals surface area (Å²) >= 11 is 0. The Kier molecular flexibility index (Phi) is 1.84. The number of carbonyl (C=O) groups is 1. The molecule has 2 aliphatic rings. The Morgan fingerprint density at radius 3 is 2.65 bits per heavy atom. The predicted octanol–water partition coefficient (Wildman–Crippen LogP) is 1.91. The molecule has 1 aromatic carbocycles. The van der Waals surface area contributed by atoms with Crippen molar-refractivity contribution in [2.45, 2.75) is 31.8 Å². The molecule has 90 valence electrons. The number of hydrogen-bond acceptors (Lipinski definition) is 2. The molecule has 0 saturated heterocycles. The van der Waals surface area contributed by atoms with Crippen molar-refractivity contribution in [3.8, 4) is 0 Å². The molecule has 17 heavy (non-hydrogen) atoms. The fourth-order valence-corrected chi connectivity index (χ4v) is 3.73. The summed E-state index contributed by atoms with van der Waals surface area (Å²) in [5.74, 6) is -0.240. The quantitative estimate of drug-likeness (QED) is 0.741. The normalized spacial score (nSPS) is 33.8. The highest BCUT2D eigenvalue weighted by atomic mass is 16.3. The summed E-state index contributed by atoms with van der Waals surface area (Å²) in [5, 5.41) is 10.6. The molecule has 0 unspecified atom stereocenters. The summed E-state index contributed by atoms with van der Waals surface area (Å²) in [6, 6.07) is 7.87. The molecule has 1 saturated carbocycles. The lowest BCUT2D eigenvalue weighted by Gasteiger charge is -2.60. The van der Waals surface area contributed by atoms with Crippen molar-refractivity contribution < 1.29 is 9.90 Å². The summed E-state index contributed by atoms with van der Waals surface area (Å²) in [6.45, 7) is 4.23. The molecular weight excluding hydrogens is 214 g/mol. The van der Waals surface area contributed by atoms with Gasteiger partial charge in [0.25, 0.3) is 5.91 Å². The van der Waals surface area contributed by atoms with Gasteiger partial charge in [0.1, 0.15) is 0 Å². The van der Waals surface area contributed by atoms with E-state index >= 15 is 0 Å². The van der Waals surface area contributed by atoms with Gasteiger partial charge in [-0.25, -0.2) is 0 Å². The molecule has 0 spiro atoms.